The van der Waals surface area contributed by atoms with Gasteiger partial charge in [0.2, 0.25) is 5.91 Å². The second-order valence-electron chi connectivity index (χ2n) is 6.71. The van der Waals surface area contributed by atoms with Gasteiger partial charge in [-0.05, 0) is 32.1 Å². The number of hydrogen-bond donors (Lipinski definition) is 2. The molecule has 0 aliphatic carbocycles. The number of carbonyl (C=O) groups excluding carboxylic acids is 1. The number of carbonyl (C=O) groups is 2. The molecule has 1 saturated heterocycles. The summed E-state index contributed by atoms with van der Waals surface area (Å²) in [6, 6.07) is 0.0470. The van der Waals surface area contributed by atoms with E-state index >= 15 is 0 Å². The molecule has 1 aliphatic heterocycles. The molecule has 0 radical (unpaired) electrons. The molecule has 2 unspecified atom stereocenters. The van der Waals surface area contributed by atoms with E-state index in [0.717, 1.165) is 38.5 Å². The molecule has 1 aliphatic rings. The van der Waals surface area contributed by atoms with Gasteiger partial charge in [0.25, 0.3) is 0 Å². The number of carboxylic acids is 1. The molecule has 1 rings (SSSR count). The maximum atomic E-state index is 12.2. The summed E-state index contributed by atoms with van der Waals surface area (Å²) in [6.45, 7) is 2.69. The second kappa shape index (κ2) is 12.7. The number of likely N-dealkylation sites (tertiary alicyclic amines) is 1. The first-order valence-corrected chi connectivity index (χ1v) is 9.57. The van der Waals surface area contributed by atoms with Gasteiger partial charge in [-0.3, -0.25) is 9.59 Å². The van der Waals surface area contributed by atoms with Crippen molar-refractivity contribution in [2.75, 3.05) is 6.54 Å². The molecule has 2 N–H and O–H groups in total. The molecule has 5 heteroatoms. The van der Waals surface area contributed by atoms with Crippen molar-refractivity contribution in [1.82, 2.24) is 4.90 Å². The number of nitrogens with zero attached hydrogens (tertiary/aromatic N) is 1. The van der Waals surface area contributed by atoms with E-state index in [-0.39, 0.29) is 18.4 Å². The lowest BCUT2D eigenvalue weighted by Crippen LogP contribution is -2.42. The zero-order valence-electron chi connectivity index (χ0n) is 15.4. The smallest absolute Gasteiger partial charge is 0.303 e. The number of piperidine rings is 1. The topological polar surface area (TPSA) is 77.8 Å². The van der Waals surface area contributed by atoms with E-state index in [1.807, 2.05) is 29.2 Å². The predicted molar refractivity (Wildman–Crippen MR) is 99.3 cm³/mol. The summed E-state index contributed by atoms with van der Waals surface area (Å²) in [5.74, 6) is -0.626. The van der Waals surface area contributed by atoms with Gasteiger partial charge in [-0.25, -0.2) is 0 Å². The lowest BCUT2D eigenvalue weighted by atomic mass is 10.00. The van der Waals surface area contributed by atoms with Gasteiger partial charge in [-0.15, -0.1) is 0 Å². The van der Waals surface area contributed by atoms with Crippen LogP contribution in [-0.4, -0.2) is 45.7 Å². The molecule has 1 fully saturated rings. The minimum Gasteiger partial charge on any atom is -0.481 e. The third-order valence-electron chi connectivity index (χ3n) is 4.50. The van der Waals surface area contributed by atoms with Crippen molar-refractivity contribution >= 4 is 11.9 Å². The summed E-state index contributed by atoms with van der Waals surface area (Å²) < 4.78 is 0. The first-order chi connectivity index (χ1) is 12.0. The summed E-state index contributed by atoms with van der Waals surface area (Å²) in [7, 11) is 0. The number of aliphatic hydroxyl groups excluding tert-OH is 1. The van der Waals surface area contributed by atoms with E-state index < -0.39 is 12.1 Å². The Morgan fingerprint density at radius 3 is 2.84 bits per heavy atom. The summed E-state index contributed by atoms with van der Waals surface area (Å²) in [4.78, 5) is 24.5. The summed E-state index contributed by atoms with van der Waals surface area (Å²) >= 11 is 0. The Bertz CT molecular complexity index is 459. The molecular formula is C20H33NO4. The van der Waals surface area contributed by atoms with E-state index in [2.05, 4.69) is 6.92 Å². The van der Waals surface area contributed by atoms with Crippen LogP contribution in [0.3, 0.4) is 0 Å². The lowest BCUT2D eigenvalue weighted by molar-refractivity contribution is -0.137. The van der Waals surface area contributed by atoms with Crippen molar-refractivity contribution in [3.63, 3.8) is 0 Å². The first-order valence-electron chi connectivity index (χ1n) is 9.57. The van der Waals surface area contributed by atoms with Gasteiger partial charge in [0.1, 0.15) is 0 Å². The van der Waals surface area contributed by atoms with Gasteiger partial charge in [-0.2, -0.15) is 0 Å². The van der Waals surface area contributed by atoms with Crippen LogP contribution in [0.25, 0.3) is 0 Å². The van der Waals surface area contributed by atoms with Crippen LogP contribution in [0.15, 0.2) is 24.3 Å². The van der Waals surface area contributed by atoms with Crippen molar-refractivity contribution in [2.24, 2.45) is 0 Å². The van der Waals surface area contributed by atoms with Crippen LogP contribution < -0.4 is 0 Å². The number of rotatable bonds is 12. The molecular weight excluding hydrogens is 318 g/mol. The molecule has 142 valence electrons. The first kappa shape index (κ1) is 21.4. The molecule has 0 aromatic rings. The largest absolute Gasteiger partial charge is 0.481 e. The third-order valence-corrected chi connectivity index (χ3v) is 4.50. The van der Waals surface area contributed by atoms with E-state index in [1.165, 1.54) is 0 Å². The molecule has 25 heavy (non-hydrogen) atoms. The molecule has 0 saturated carbocycles. The van der Waals surface area contributed by atoms with Crippen molar-refractivity contribution < 1.29 is 19.8 Å². The van der Waals surface area contributed by atoms with Gasteiger partial charge in [0.15, 0.2) is 0 Å². The van der Waals surface area contributed by atoms with E-state index in [4.69, 9.17) is 5.11 Å². The van der Waals surface area contributed by atoms with Gasteiger partial charge in [0.05, 0.1) is 12.1 Å². The van der Waals surface area contributed by atoms with Crippen LogP contribution in [0.5, 0.6) is 0 Å². The highest BCUT2D eigenvalue weighted by molar-refractivity contribution is 5.77. The fraction of sp³-hybridized carbons (Fsp3) is 0.700. The molecule has 0 bridgehead atoms. The molecule has 1 amide bonds. The summed E-state index contributed by atoms with van der Waals surface area (Å²) in [5, 5.41) is 18.6. The molecule has 0 aromatic heterocycles. The molecule has 1 heterocycles. The Hall–Kier alpha value is -1.62. The average molecular weight is 351 g/mol. The van der Waals surface area contributed by atoms with Crippen molar-refractivity contribution in [3.05, 3.63) is 24.3 Å². The number of hydrogen-bond acceptors (Lipinski definition) is 3. The summed E-state index contributed by atoms with van der Waals surface area (Å²) in [6.07, 6.45) is 15.2. The Kier molecular flexibility index (Phi) is 10.9. The minimum atomic E-state index is -0.776. The van der Waals surface area contributed by atoms with Crippen LogP contribution in [-0.2, 0) is 9.59 Å². The van der Waals surface area contributed by atoms with Crippen molar-refractivity contribution in [3.8, 4) is 0 Å². The zero-order valence-corrected chi connectivity index (χ0v) is 15.4. The minimum absolute atomic E-state index is 0.0470. The van der Waals surface area contributed by atoms with Crippen LogP contribution in [0.2, 0.25) is 0 Å². The van der Waals surface area contributed by atoms with Gasteiger partial charge in [0, 0.05) is 19.4 Å². The Morgan fingerprint density at radius 1 is 1.32 bits per heavy atom. The van der Waals surface area contributed by atoms with Crippen molar-refractivity contribution in [2.45, 2.75) is 83.3 Å². The quantitative estimate of drug-likeness (QED) is 0.415. The molecule has 2 atom stereocenters. The van der Waals surface area contributed by atoms with E-state index in [9.17, 15) is 14.7 Å². The fourth-order valence-electron chi connectivity index (χ4n) is 3.02. The Balaban J connectivity index is 2.45. The Labute approximate surface area is 151 Å². The number of aliphatic hydroxyl groups is 1. The monoisotopic (exact) mass is 351 g/mol. The average Bonchev–Trinajstić information content (AvgIpc) is 2.57. The molecule has 5 nitrogen and oxygen atoms in total. The summed E-state index contributed by atoms with van der Waals surface area (Å²) in [5.41, 5.74) is 0. The second-order valence-corrected chi connectivity index (χ2v) is 6.71. The van der Waals surface area contributed by atoms with Crippen LogP contribution >= 0.6 is 0 Å². The number of allylic oxidation sites excluding steroid dienone is 1. The molecule has 0 spiro atoms. The van der Waals surface area contributed by atoms with Gasteiger partial charge < -0.3 is 15.1 Å². The highest BCUT2D eigenvalue weighted by Crippen LogP contribution is 2.20. The fourth-order valence-corrected chi connectivity index (χ4v) is 3.02. The van der Waals surface area contributed by atoms with Crippen LogP contribution in [0.4, 0.5) is 0 Å². The predicted octanol–water partition coefficient (Wildman–Crippen LogP) is 3.68. The maximum absolute atomic E-state index is 12.2. The number of amides is 1. The van der Waals surface area contributed by atoms with Crippen LogP contribution in [0, 0.1) is 0 Å². The van der Waals surface area contributed by atoms with Crippen LogP contribution in [0.1, 0.15) is 71.1 Å². The standard InChI is InChI=1S/C20H33NO4/c1-2-3-6-11-18(22)15-14-17-10-9-12-19(23)21(17)16-8-5-4-7-13-20(24)25/h5,8,14-15,17-18,22H,2-4,6-7,9-13,16H2,1H3,(H,24,25)/b8-5-,15-14?. The number of aliphatic carboxylic acids is 1. The maximum Gasteiger partial charge on any atom is 0.303 e. The number of unbranched alkanes of at least 4 members (excludes halogenated alkanes) is 3. The highest BCUT2D eigenvalue weighted by atomic mass is 16.4. The zero-order chi connectivity index (χ0) is 18.5. The van der Waals surface area contributed by atoms with Gasteiger partial charge >= 0.3 is 5.97 Å². The van der Waals surface area contributed by atoms with E-state index in [0.29, 0.717) is 25.8 Å². The van der Waals surface area contributed by atoms with Gasteiger partial charge in [-0.1, -0.05) is 50.5 Å². The van der Waals surface area contributed by atoms with Crippen molar-refractivity contribution in [1.29, 1.82) is 0 Å². The SMILES string of the molecule is CCCCCC(O)C=CC1CCCC(=O)N1C/C=C\CCCC(=O)O. The Morgan fingerprint density at radius 2 is 2.12 bits per heavy atom. The van der Waals surface area contributed by atoms with E-state index in [1.54, 1.807) is 0 Å². The number of carboxylic acid groups (broad SMARTS) is 1. The third kappa shape index (κ3) is 9.44. The highest BCUT2D eigenvalue weighted by Gasteiger charge is 2.25. The normalized spacial score (nSPS) is 19.8. The lowest BCUT2D eigenvalue weighted by Gasteiger charge is -2.33. The molecule has 0 aromatic carbocycles.